The molecule has 2 aliphatic heterocycles. The number of hydrogen-bond acceptors (Lipinski definition) is 5. The fraction of sp³-hybridized carbons (Fsp3) is 0.529. The Kier molecular flexibility index (Phi) is 4.63. The third-order valence-electron chi connectivity index (χ3n) is 4.28. The van der Waals surface area contributed by atoms with Crippen molar-refractivity contribution < 1.29 is 23.8 Å². The summed E-state index contributed by atoms with van der Waals surface area (Å²) < 4.78 is 16.4. The monoisotopic (exact) mass is 319 g/mol. The molecule has 2 fully saturated rings. The van der Waals surface area contributed by atoms with Crippen LogP contribution in [0.3, 0.4) is 0 Å². The minimum absolute atomic E-state index is 0.118. The Morgan fingerprint density at radius 2 is 1.83 bits per heavy atom. The SMILES string of the molecule is CCOC(OCC)[C@@H]1C(=O)N2[C@@H](c3ccccc3)COC(=O)[C@H]12. The number of hydrogen-bond donors (Lipinski definition) is 0. The van der Waals surface area contributed by atoms with E-state index in [0.717, 1.165) is 5.56 Å². The highest BCUT2D eigenvalue weighted by Crippen LogP contribution is 2.42. The highest BCUT2D eigenvalue weighted by Gasteiger charge is 2.61. The van der Waals surface area contributed by atoms with Crippen molar-refractivity contribution in [1.29, 1.82) is 0 Å². The smallest absolute Gasteiger partial charge is 0.330 e. The summed E-state index contributed by atoms with van der Waals surface area (Å²) in [7, 11) is 0. The van der Waals surface area contributed by atoms with Gasteiger partial charge in [0.25, 0.3) is 0 Å². The van der Waals surface area contributed by atoms with Gasteiger partial charge in [0.15, 0.2) is 6.29 Å². The lowest BCUT2D eigenvalue weighted by Crippen LogP contribution is -2.71. The summed E-state index contributed by atoms with van der Waals surface area (Å²) in [5.41, 5.74) is 0.959. The van der Waals surface area contributed by atoms with Gasteiger partial charge >= 0.3 is 5.97 Å². The number of rotatable bonds is 6. The van der Waals surface area contributed by atoms with E-state index in [4.69, 9.17) is 14.2 Å². The van der Waals surface area contributed by atoms with Crippen molar-refractivity contribution in [3.63, 3.8) is 0 Å². The predicted molar refractivity (Wildman–Crippen MR) is 81.3 cm³/mol. The fourth-order valence-corrected chi connectivity index (χ4v) is 3.25. The Bertz CT molecular complexity index is 570. The molecule has 1 aromatic rings. The number of cyclic esters (lactones) is 1. The molecule has 124 valence electrons. The maximum Gasteiger partial charge on any atom is 0.330 e. The molecule has 0 unspecified atom stereocenters. The molecule has 2 aliphatic rings. The maximum absolute atomic E-state index is 12.7. The van der Waals surface area contributed by atoms with Gasteiger partial charge in [-0.3, -0.25) is 4.79 Å². The van der Waals surface area contributed by atoms with E-state index in [1.165, 1.54) is 0 Å². The predicted octanol–water partition coefficient (Wildman–Crippen LogP) is 1.51. The maximum atomic E-state index is 12.7. The number of amides is 1. The van der Waals surface area contributed by atoms with Crippen LogP contribution in [0.15, 0.2) is 30.3 Å². The summed E-state index contributed by atoms with van der Waals surface area (Å²) in [6.07, 6.45) is -0.708. The van der Waals surface area contributed by atoms with Gasteiger partial charge < -0.3 is 19.1 Å². The van der Waals surface area contributed by atoms with Crippen molar-refractivity contribution in [3.05, 3.63) is 35.9 Å². The van der Waals surface area contributed by atoms with E-state index in [2.05, 4.69) is 0 Å². The van der Waals surface area contributed by atoms with Crippen LogP contribution in [-0.4, -0.2) is 48.9 Å². The van der Waals surface area contributed by atoms with Gasteiger partial charge in [-0.1, -0.05) is 30.3 Å². The van der Waals surface area contributed by atoms with Gasteiger partial charge in [-0.05, 0) is 19.4 Å². The summed E-state index contributed by atoms with van der Waals surface area (Å²) in [5.74, 6) is -1.13. The number of nitrogens with zero attached hydrogens (tertiary/aromatic N) is 1. The molecule has 3 atom stereocenters. The van der Waals surface area contributed by atoms with Gasteiger partial charge in [-0.15, -0.1) is 0 Å². The third-order valence-corrected chi connectivity index (χ3v) is 4.28. The van der Waals surface area contributed by atoms with Crippen LogP contribution in [0.5, 0.6) is 0 Å². The molecule has 6 nitrogen and oxygen atoms in total. The Morgan fingerprint density at radius 3 is 2.43 bits per heavy atom. The first-order chi connectivity index (χ1) is 11.2. The van der Waals surface area contributed by atoms with Gasteiger partial charge in [0, 0.05) is 13.2 Å². The normalized spacial score (nSPS) is 26.7. The molecule has 6 heteroatoms. The van der Waals surface area contributed by atoms with Gasteiger partial charge in [-0.25, -0.2) is 4.79 Å². The summed E-state index contributed by atoms with van der Waals surface area (Å²) in [4.78, 5) is 26.5. The van der Waals surface area contributed by atoms with Gasteiger partial charge in [-0.2, -0.15) is 0 Å². The van der Waals surface area contributed by atoms with Crippen LogP contribution in [-0.2, 0) is 23.8 Å². The lowest BCUT2D eigenvalue weighted by atomic mass is 9.82. The molecule has 0 radical (unpaired) electrons. The molecular weight excluding hydrogens is 298 g/mol. The number of fused-ring (bicyclic) bond motifs is 1. The van der Waals surface area contributed by atoms with Crippen LogP contribution in [0.4, 0.5) is 0 Å². The number of benzene rings is 1. The first-order valence-electron chi connectivity index (χ1n) is 7.96. The minimum atomic E-state index is -0.708. The van der Waals surface area contributed by atoms with E-state index in [0.29, 0.717) is 13.2 Å². The molecule has 3 rings (SSSR count). The Morgan fingerprint density at radius 1 is 1.17 bits per heavy atom. The van der Waals surface area contributed by atoms with Crippen LogP contribution < -0.4 is 0 Å². The molecule has 0 bridgehead atoms. The second kappa shape index (κ2) is 6.68. The third kappa shape index (κ3) is 2.72. The van der Waals surface area contributed by atoms with E-state index in [-0.39, 0.29) is 24.5 Å². The van der Waals surface area contributed by atoms with Crippen LogP contribution in [0.25, 0.3) is 0 Å². The van der Waals surface area contributed by atoms with Crippen molar-refractivity contribution in [1.82, 2.24) is 4.90 Å². The minimum Gasteiger partial charge on any atom is -0.462 e. The van der Waals surface area contributed by atoms with Crippen molar-refractivity contribution in [3.8, 4) is 0 Å². The average Bonchev–Trinajstić information content (AvgIpc) is 2.56. The lowest BCUT2D eigenvalue weighted by molar-refractivity contribution is -0.233. The zero-order valence-electron chi connectivity index (χ0n) is 13.3. The largest absolute Gasteiger partial charge is 0.462 e. The molecule has 0 aromatic heterocycles. The Labute approximate surface area is 135 Å². The Balaban J connectivity index is 1.84. The van der Waals surface area contributed by atoms with Crippen molar-refractivity contribution in [2.24, 2.45) is 5.92 Å². The standard InChI is InChI=1S/C17H21NO5/c1-3-21-17(22-4-2)13-14-16(20)23-10-12(18(14)15(13)19)11-8-6-5-7-9-11/h5-9,12-14,17H,3-4,10H2,1-2H3/t12-,13+,14+/m1/s1. The number of β-lactam (4-membered cyclic amide) rings is 1. The highest BCUT2D eigenvalue weighted by atomic mass is 16.7. The molecule has 2 saturated heterocycles. The summed E-state index contributed by atoms with van der Waals surface area (Å²) in [5, 5.41) is 0. The fourth-order valence-electron chi connectivity index (χ4n) is 3.25. The van der Waals surface area contributed by atoms with E-state index >= 15 is 0 Å². The number of carbonyl (C=O) groups is 2. The van der Waals surface area contributed by atoms with Crippen molar-refractivity contribution >= 4 is 11.9 Å². The quantitative estimate of drug-likeness (QED) is 0.452. The topological polar surface area (TPSA) is 65.1 Å². The Hall–Kier alpha value is -1.92. The van der Waals surface area contributed by atoms with Crippen molar-refractivity contribution in [2.75, 3.05) is 19.8 Å². The zero-order valence-corrected chi connectivity index (χ0v) is 13.3. The second-order valence-electron chi connectivity index (χ2n) is 5.55. The molecule has 1 amide bonds. The van der Waals surface area contributed by atoms with Gasteiger partial charge in [0.2, 0.25) is 5.91 Å². The first-order valence-corrected chi connectivity index (χ1v) is 7.96. The molecule has 23 heavy (non-hydrogen) atoms. The highest BCUT2D eigenvalue weighted by molar-refractivity contribution is 5.98. The number of esters is 1. The van der Waals surface area contributed by atoms with Crippen LogP contribution in [0.2, 0.25) is 0 Å². The van der Waals surface area contributed by atoms with Gasteiger partial charge in [0.05, 0.1) is 6.04 Å². The first kappa shape index (κ1) is 16.0. The molecule has 1 aromatic carbocycles. The van der Waals surface area contributed by atoms with Crippen molar-refractivity contribution in [2.45, 2.75) is 32.2 Å². The number of carbonyl (C=O) groups excluding carboxylic acids is 2. The van der Waals surface area contributed by atoms with Crippen LogP contribution in [0, 0.1) is 5.92 Å². The summed E-state index contributed by atoms with van der Waals surface area (Å²) >= 11 is 0. The van der Waals surface area contributed by atoms with E-state index in [1.54, 1.807) is 4.90 Å². The molecule has 2 heterocycles. The summed E-state index contributed by atoms with van der Waals surface area (Å²) in [6.45, 7) is 4.68. The number of morpholine rings is 1. The van der Waals surface area contributed by atoms with E-state index in [1.807, 2.05) is 44.2 Å². The molecular formula is C17H21NO5. The van der Waals surface area contributed by atoms with E-state index in [9.17, 15) is 9.59 Å². The average molecular weight is 319 g/mol. The van der Waals surface area contributed by atoms with Crippen LogP contribution >= 0.6 is 0 Å². The zero-order chi connectivity index (χ0) is 16.4. The molecule has 0 saturated carbocycles. The van der Waals surface area contributed by atoms with Crippen LogP contribution in [0.1, 0.15) is 25.5 Å². The second-order valence-corrected chi connectivity index (χ2v) is 5.55. The lowest BCUT2D eigenvalue weighted by Gasteiger charge is -2.53. The van der Waals surface area contributed by atoms with E-state index < -0.39 is 18.2 Å². The van der Waals surface area contributed by atoms with Gasteiger partial charge in [0.1, 0.15) is 18.6 Å². The number of ether oxygens (including phenoxy) is 3. The molecule has 0 N–H and O–H groups in total. The summed E-state index contributed by atoms with van der Waals surface area (Å²) in [6, 6.07) is 8.72. The molecule has 0 spiro atoms. The molecule has 0 aliphatic carbocycles.